The Hall–Kier alpha value is -3.23. The van der Waals surface area contributed by atoms with Crippen molar-refractivity contribution in [2.75, 3.05) is 13.1 Å². The number of carbonyl (C=O) groups excluding carboxylic acids is 3. The maximum absolute atomic E-state index is 13.4. The first-order valence-electron chi connectivity index (χ1n) is 13.0. The molecule has 202 valence electrons. The van der Waals surface area contributed by atoms with E-state index in [1.54, 1.807) is 30.0 Å². The number of hydrogen-bond acceptors (Lipinski definition) is 5. The first-order chi connectivity index (χ1) is 17.6. The molecule has 3 amide bonds. The summed E-state index contributed by atoms with van der Waals surface area (Å²) in [6.45, 7) is 10.1. The van der Waals surface area contributed by atoms with Crippen LogP contribution in [0.25, 0.3) is 0 Å². The van der Waals surface area contributed by atoms with E-state index in [-0.39, 0.29) is 18.2 Å². The average molecular weight is 512 g/mol. The van der Waals surface area contributed by atoms with E-state index < -0.39 is 30.2 Å². The molecule has 4 N–H and O–H groups in total. The molecule has 8 heteroatoms. The maximum Gasteiger partial charge on any atom is 0.253 e. The largest absolute Gasteiger partial charge is 0.388 e. The Balaban J connectivity index is 2.32. The standard InChI is InChI=1S/C29H41N3O5/c1-6-13-32(14-7-2)29(37)24-16-19(3)15-23(18-24)28(36)31-25(17-22-11-9-8-10-12-22)27(35)26(34)20(4)30-21(5)33/h8-12,15-16,18,20,25-27,34-35H,6-7,13-14,17H2,1-5H3,(H,30,33)(H,31,36)/t20-,25+,26+,27+/m0/s1. The van der Waals surface area contributed by atoms with Gasteiger partial charge in [0, 0.05) is 31.1 Å². The minimum Gasteiger partial charge on any atom is -0.388 e. The van der Waals surface area contributed by atoms with Gasteiger partial charge in [0.05, 0.1) is 12.1 Å². The van der Waals surface area contributed by atoms with Crippen molar-refractivity contribution in [2.24, 2.45) is 0 Å². The summed E-state index contributed by atoms with van der Waals surface area (Å²) in [7, 11) is 0. The van der Waals surface area contributed by atoms with Crippen LogP contribution in [0.3, 0.4) is 0 Å². The molecular weight excluding hydrogens is 470 g/mol. The number of rotatable bonds is 13. The number of hydrogen-bond donors (Lipinski definition) is 4. The van der Waals surface area contributed by atoms with Gasteiger partial charge in [-0.15, -0.1) is 0 Å². The van der Waals surface area contributed by atoms with Crippen LogP contribution in [0.15, 0.2) is 48.5 Å². The topological polar surface area (TPSA) is 119 Å². The molecule has 0 bridgehead atoms. The number of nitrogens with zero attached hydrogens (tertiary/aromatic N) is 1. The molecule has 0 radical (unpaired) electrons. The highest BCUT2D eigenvalue weighted by Gasteiger charge is 2.32. The monoisotopic (exact) mass is 511 g/mol. The van der Waals surface area contributed by atoms with Gasteiger partial charge >= 0.3 is 0 Å². The zero-order valence-corrected chi connectivity index (χ0v) is 22.5. The minimum absolute atomic E-state index is 0.123. The molecule has 0 aliphatic carbocycles. The summed E-state index contributed by atoms with van der Waals surface area (Å²) < 4.78 is 0. The van der Waals surface area contributed by atoms with Gasteiger partial charge in [-0.25, -0.2) is 0 Å². The third-order valence-corrected chi connectivity index (χ3v) is 6.18. The van der Waals surface area contributed by atoms with Gasteiger partial charge in [-0.3, -0.25) is 14.4 Å². The Labute approximate surface area is 220 Å². The predicted octanol–water partition coefficient (Wildman–Crippen LogP) is 2.84. The predicted molar refractivity (Wildman–Crippen MR) is 144 cm³/mol. The summed E-state index contributed by atoms with van der Waals surface area (Å²) in [6.07, 6.45) is -0.742. The lowest BCUT2D eigenvalue weighted by Gasteiger charge is -2.31. The highest BCUT2D eigenvalue weighted by Crippen LogP contribution is 2.16. The molecule has 4 atom stereocenters. The van der Waals surface area contributed by atoms with Gasteiger partial charge in [-0.05, 0) is 62.4 Å². The van der Waals surface area contributed by atoms with Crippen molar-refractivity contribution in [1.29, 1.82) is 0 Å². The van der Waals surface area contributed by atoms with Gasteiger partial charge < -0.3 is 25.7 Å². The smallest absolute Gasteiger partial charge is 0.253 e. The Morgan fingerprint density at radius 3 is 2.05 bits per heavy atom. The van der Waals surface area contributed by atoms with Gasteiger partial charge in [-0.1, -0.05) is 44.2 Å². The number of aliphatic hydroxyl groups is 2. The fourth-order valence-corrected chi connectivity index (χ4v) is 4.39. The first kappa shape index (κ1) is 30.0. The summed E-state index contributed by atoms with van der Waals surface area (Å²) >= 11 is 0. The van der Waals surface area contributed by atoms with Crippen LogP contribution in [-0.2, 0) is 11.2 Å². The maximum atomic E-state index is 13.4. The molecule has 2 rings (SSSR count). The number of nitrogens with one attached hydrogen (secondary N) is 2. The minimum atomic E-state index is -1.36. The third kappa shape index (κ3) is 8.98. The van der Waals surface area contributed by atoms with Crippen LogP contribution in [0.2, 0.25) is 0 Å². The van der Waals surface area contributed by atoms with Crippen molar-refractivity contribution < 1.29 is 24.6 Å². The summed E-state index contributed by atoms with van der Waals surface area (Å²) in [4.78, 5) is 39.8. The van der Waals surface area contributed by atoms with Crippen LogP contribution in [0.1, 0.15) is 72.4 Å². The van der Waals surface area contributed by atoms with Crippen molar-refractivity contribution in [3.8, 4) is 0 Å². The number of aliphatic hydroxyl groups excluding tert-OH is 2. The summed E-state index contributed by atoms with van der Waals surface area (Å²) in [5.41, 5.74) is 2.36. The molecule has 0 unspecified atom stereocenters. The lowest BCUT2D eigenvalue weighted by atomic mass is 9.94. The highest BCUT2D eigenvalue weighted by molar-refractivity contribution is 6.00. The van der Waals surface area contributed by atoms with Crippen LogP contribution in [0.4, 0.5) is 0 Å². The fourth-order valence-electron chi connectivity index (χ4n) is 4.39. The molecular formula is C29H41N3O5. The Morgan fingerprint density at radius 1 is 0.892 bits per heavy atom. The summed E-state index contributed by atoms with van der Waals surface area (Å²) in [5.74, 6) is -0.920. The first-order valence-corrected chi connectivity index (χ1v) is 13.0. The second-order valence-electron chi connectivity index (χ2n) is 9.62. The van der Waals surface area contributed by atoms with Crippen molar-refractivity contribution in [2.45, 2.75) is 78.2 Å². The molecule has 37 heavy (non-hydrogen) atoms. The van der Waals surface area contributed by atoms with E-state index in [4.69, 9.17) is 0 Å². The molecule has 0 aliphatic rings. The van der Waals surface area contributed by atoms with Crippen molar-refractivity contribution in [3.63, 3.8) is 0 Å². The van der Waals surface area contributed by atoms with Crippen molar-refractivity contribution in [3.05, 3.63) is 70.8 Å². The second kappa shape index (κ2) is 14.5. The van der Waals surface area contributed by atoms with E-state index in [0.717, 1.165) is 24.0 Å². The zero-order chi connectivity index (χ0) is 27.5. The van der Waals surface area contributed by atoms with Crippen molar-refractivity contribution >= 4 is 17.7 Å². The third-order valence-electron chi connectivity index (χ3n) is 6.18. The lowest BCUT2D eigenvalue weighted by Crippen LogP contribution is -2.55. The van der Waals surface area contributed by atoms with Gasteiger partial charge in [0.2, 0.25) is 5.91 Å². The van der Waals surface area contributed by atoms with E-state index in [1.807, 2.05) is 51.1 Å². The Bertz CT molecular complexity index is 1040. The average Bonchev–Trinajstić information content (AvgIpc) is 2.86. The van der Waals surface area contributed by atoms with Crippen LogP contribution in [-0.4, -0.2) is 70.2 Å². The molecule has 2 aromatic carbocycles. The van der Waals surface area contributed by atoms with E-state index in [0.29, 0.717) is 24.2 Å². The highest BCUT2D eigenvalue weighted by atomic mass is 16.3. The zero-order valence-electron chi connectivity index (χ0n) is 22.5. The van der Waals surface area contributed by atoms with E-state index in [2.05, 4.69) is 10.6 Å². The quantitative estimate of drug-likeness (QED) is 0.330. The van der Waals surface area contributed by atoms with Gasteiger partial charge in [0.1, 0.15) is 12.2 Å². The van der Waals surface area contributed by atoms with Crippen LogP contribution < -0.4 is 10.6 Å². The van der Waals surface area contributed by atoms with E-state index in [9.17, 15) is 24.6 Å². The molecule has 0 aliphatic heterocycles. The van der Waals surface area contributed by atoms with Gasteiger partial charge in [-0.2, -0.15) is 0 Å². The molecule has 0 saturated heterocycles. The van der Waals surface area contributed by atoms with Gasteiger partial charge in [0.15, 0.2) is 0 Å². The molecule has 0 spiro atoms. The SMILES string of the molecule is CCCN(CCC)C(=O)c1cc(C)cc(C(=O)N[C@H](Cc2ccccc2)[C@@H](O)[C@H](O)[C@H](C)NC(C)=O)c1. The molecule has 2 aromatic rings. The molecule has 0 heterocycles. The molecule has 0 fully saturated rings. The number of aryl methyl sites for hydroxylation is 1. The molecule has 8 nitrogen and oxygen atoms in total. The number of benzene rings is 2. The summed E-state index contributed by atoms with van der Waals surface area (Å²) in [5, 5.41) is 27.2. The molecule has 0 saturated carbocycles. The number of carbonyl (C=O) groups is 3. The lowest BCUT2D eigenvalue weighted by molar-refractivity contribution is -0.121. The van der Waals surface area contributed by atoms with E-state index in [1.165, 1.54) is 6.92 Å². The van der Waals surface area contributed by atoms with Gasteiger partial charge in [0.25, 0.3) is 11.8 Å². The van der Waals surface area contributed by atoms with Crippen LogP contribution >= 0.6 is 0 Å². The van der Waals surface area contributed by atoms with Crippen LogP contribution in [0, 0.1) is 6.92 Å². The Kier molecular flexibility index (Phi) is 11.8. The second-order valence-corrected chi connectivity index (χ2v) is 9.62. The molecule has 0 aromatic heterocycles. The normalized spacial score (nSPS) is 14.2. The van der Waals surface area contributed by atoms with Crippen molar-refractivity contribution in [1.82, 2.24) is 15.5 Å². The van der Waals surface area contributed by atoms with Crippen LogP contribution in [0.5, 0.6) is 0 Å². The fraction of sp³-hybridized carbons (Fsp3) is 0.483. The number of amides is 3. The summed E-state index contributed by atoms with van der Waals surface area (Å²) in [6, 6.07) is 12.8. The Morgan fingerprint density at radius 2 is 1.49 bits per heavy atom. The van der Waals surface area contributed by atoms with E-state index >= 15 is 0 Å².